The maximum absolute atomic E-state index is 14.6. The molecular weight excluding hydrogens is 801 g/mol. The number of benzene rings is 1. The predicted molar refractivity (Wildman–Crippen MR) is 218 cm³/mol. The number of rotatable bonds is 11. The Bertz CT molecular complexity index is 2190. The summed E-state index contributed by atoms with van der Waals surface area (Å²) < 4.78 is 46.0. The third kappa shape index (κ3) is 9.23. The highest BCUT2D eigenvalue weighted by Gasteiger charge is 2.63. The SMILES string of the molecule is CC[C@@H]1OCCC/C=C\[C@@H]2C[C@@]2(C(=O)NS(=O)(=O)C2(C)CC2)NC(=O)[C@@H]2C[C@@H](Oc3cc(-c4ccc(OC(C)C)cc4)nc(-c4cncs4)c3)CN2C(=O)[C@H]1NC(=O)O. The molecule has 4 N–H and O–H groups in total. The summed E-state index contributed by atoms with van der Waals surface area (Å²) in [7, 11) is -4.03. The van der Waals surface area contributed by atoms with Crippen molar-refractivity contribution in [1.82, 2.24) is 30.2 Å². The zero-order valence-corrected chi connectivity index (χ0v) is 35.0. The number of amides is 4. The summed E-state index contributed by atoms with van der Waals surface area (Å²) in [6, 6.07) is 8.41. The number of fused-ring (bicyclic) bond motifs is 2. The van der Waals surface area contributed by atoms with Crippen molar-refractivity contribution in [2.75, 3.05) is 13.2 Å². The van der Waals surface area contributed by atoms with Gasteiger partial charge >= 0.3 is 6.09 Å². The fraction of sp³-hybridized carbons (Fsp3) is 0.512. The summed E-state index contributed by atoms with van der Waals surface area (Å²) >= 11 is 1.40. The van der Waals surface area contributed by atoms with E-state index in [1.54, 1.807) is 43.8 Å². The van der Waals surface area contributed by atoms with Gasteiger partial charge in [-0.15, -0.1) is 11.3 Å². The Morgan fingerprint density at radius 1 is 1.14 bits per heavy atom. The summed E-state index contributed by atoms with van der Waals surface area (Å²) in [5.74, 6) is -1.64. The Balaban J connectivity index is 1.22. The molecule has 3 fully saturated rings. The lowest BCUT2D eigenvalue weighted by Gasteiger charge is -2.32. The van der Waals surface area contributed by atoms with Gasteiger partial charge in [-0.05, 0) is 83.6 Å². The van der Waals surface area contributed by atoms with E-state index in [4.69, 9.17) is 19.2 Å². The van der Waals surface area contributed by atoms with Crippen LogP contribution in [-0.2, 0) is 29.1 Å². The van der Waals surface area contributed by atoms with E-state index in [0.29, 0.717) is 55.0 Å². The normalized spacial score (nSPS) is 27.3. The van der Waals surface area contributed by atoms with Gasteiger partial charge in [0.25, 0.3) is 5.91 Å². The molecule has 2 aliphatic heterocycles. The second-order valence-electron chi connectivity index (χ2n) is 16.1. The molecule has 4 amide bonds. The number of pyridine rings is 1. The molecule has 2 aliphatic carbocycles. The van der Waals surface area contributed by atoms with Crippen molar-refractivity contribution < 1.29 is 46.9 Å². The Morgan fingerprint density at radius 2 is 1.88 bits per heavy atom. The Hall–Kier alpha value is -5.07. The van der Waals surface area contributed by atoms with E-state index in [0.717, 1.165) is 10.4 Å². The maximum Gasteiger partial charge on any atom is 0.405 e. The first-order valence-electron chi connectivity index (χ1n) is 19.9. The zero-order valence-electron chi connectivity index (χ0n) is 33.4. The van der Waals surface area contributed by atoms with Crippen molar-refractivity contribution >= 4 is 45.2 Å². The molecule has 7 rings (SSSR count). The second-order valence-corrected chi connectivity index (χ2v) is 19.2. The van der Waals surface area contributed by atoms with Crippen LogP contribution in [0, 0.1) is 5.92 Å². The van der Waals surface area contributed by atoms with Gasteiger partial charge in [0.05, 0.1) is 45.3 Å². The van der Waals surface area contributed by atoms with Gasteiger partial charge in [-0.1, -0.05) is 19.1 Å². The van der Waals surface area contributed by atoms with Crippen molar-refractivity contribution in [3.63, 3.8) is 0 Å². The molecule has 18 heteroatoms. The maximum atomic E-state index is 14.6. The van der Waals surface area contributed by atoms with Crippen LogP contribution in [-0.4, -0.2) is 106 Å². The largest absolute Gasteiger partial charge is 0.491 e. The van der Waals surface area contributed by atoms with Crippen LogP contribution in [0.2, 0.25) is 0 Å². The minimum Gasteiger partial charge on any atom is -0.491 e. The van der Waals surface area contributed by atoms with Crippen molar-refractivity contribution in [3.05, 3.63) is 60.3 Å². The minimum atomic E-state index is -4.03. The summed E-state index contributed by atoms with van der Waals surface area (Å²) in [6.07, 6.45) is 4.58. The highest BCUT2D eigenvalue weighted by molar-refractivity contribution is 7.91. The van der Waals surface area contributed by atoms with Crippen LogP contribution in [0.25, 0.3) is 21.8 Å². The first kappa shape index (κ1) is 42.1. The number of nitrogens with zero attached hydrogens (tertiary/aromatic N) is 3. The van der Waals surface area contributed by atoms with Crippen LogP contribution in [0.5, 0.6) is 11.5 Å². The summed E-state index contributed by atoms with van der Waals surface area (Å²) in [4.78, 5) is 66.2. The Morgan fingerprint density at radius 3 is 2.54 bits per heavy atom. The van der Waals surface area contributed by atoms with E-state index in [1.807, 2.05) is 44.2 Å². The van der Waals surface area contributed by atoms with Gasteiger partial charge in [-0.2, -0.15) is 0 Å². The predicted octanol–water partition coefficient (Wildman–Crippen LogP) is 4.66. The third-order valence-corrected chi connectivity index (χ3v) is 14.2. The second kappa shape index (κ2) is 16.9. The number of nitrogens with one attached hydrogen (secondary N) is 3. The average molecular weight is 851 g/mol. The van der Waals surface area contributed by atoms with Crippen molar-refractivity contribution in [2.45, 2.75) is 113 Å². The number of aromatic nitrogens is 2. The number of hydrogen-bond acceptors (Lipinski definition) is 12. The van der Waals surface area contributed by atoms with Crippen LogP contribution >= 0.6 is 11.3 Å². The number of sulfonamides is 1. The lowest BCUT2D eigenvalue weighted by atomic mass is 10.1. The van der Waals surface area contributed by atoms with Crippen molar-refractivity contribution in [3.8, 4) is 33.3 Å². The van der Waals surface area contributed by atoms with E-state index < -0.39 is 74.3 Å². The molecule has 4 heterocycles. The molecular formula is C41H50N6O10S2. The van der Waals surface area contributed by atoms with Gasteiger partial charge in [0.2, 0.25) is 21.8 Å². The molecule has 3 aromatic rings. The molecule has 1 aromatic carbocycles. The highest BCUT2D eigenvalue weighted by atomic mass is 32.2. The van der Waals surface area contributed by atoms with Crippen molar-refractivity contribution in [1.29, 1.82) is 0 Å². The van der Waals surface area contributed by atoms with E-state index in [2.05, 4.69) is 20.3 Å². The number of ether oxygens (including phenoxy) is 3. The number of hydrogen-bond donors (Lipinski definition) is 4. The number of carboxylic acid groups (broad SMARTS) is 1. The number of thiazole rings is 1. The fourth-order valence-corrected chi connectivity index (χ4v) is 9.47. The molecule has 0 radical (unpaired) electrons. The first-order valence-corrected chi connectivity index (χ1v) is 22.3. The average Bonchev–Trinajstić information content (AvgIpc) is 3.94. The molecule has 2 aromatic heterocycles. The van der Waals surface area contributed by atoms with E-state index in [9.17, 15) is 32.7 Å². The van der Waals surface area contributed by atoms with Crippen molar-refractivity contribution in [2.24, 2.45) is 5.92 Å². The summed E-state index contributed by atoms with van der Waals surface area (Å²) in [6.45, 7) is 7.34. The first-order chi connectivity index (χ1) is 28.1. The zero-order chi connectivity index (χ0) is 42.1. The van der Waals surface area contributed by atoms with E-state index >= 15 is 0 Å². The smallest absolute Gasteiger partial charge is 0.405 e. The van der Waals surface area contributed by atoms with Crippen LogP contribution in [0.4, 0.5) is 4.79 Å². The third-order valence-electron chi connectivity index (χ3n) is 11.3. The molecule has 0 unspecified atom stereocenters. The Kier molecular flexibility index (Phi) is 12.0. The molecule has 6 atom stereocenters. The topological polar surface area (TPSA) is 215 Å². The van der Waals surface area contributed by atoms with Gasteiger partial charge in [0.15, 0.2) is 0 Å². The van der Waals surface area contributed by atoms with Gasteiger partial charge in [0.1, 0.15) is 35.2 Å². The molecule has 1 saturated heterocycles. The quantitative estimate of drug-likeness (QED) is 0.194. The van der Waals surface area contributed by atoms with Crippen LogP contribution in [0.1, 0.15) is 72.6 Å². The fourth-order valence-electron chi connectivity index (χ4n) is 7.57. The minimum absolute atomic E-state index is 0.00362. The van der Waals surface area contributed by atoms with E-state index in [1.165, 1.54) is 16.2 Å². The number of carbonyl (C=O) groups is 4. The molecule has 316 valence electrons. The standard InChI is InChI=1S/C41H50N6O10S2/c1-5-33-35(44-39(51)52)37(49)47-22-29(57-28-17-30(43-31(18-28)34-21-42-23-58-34)25-10-12-27(13-11-25)56-24(2)3)19-32(47)36(48)45-41(20-26(41)9-7-6-8-16-55-33)38(50)46-59(53,54)40(4)14-15-40/h7,9-13,17-18,21,23-24,26,29,32-33,35,44H,5-6,8,14-16,19-20,22H2,1-4H3,(H,45,48)(H,46,50)(H,51,52)/b9-7-/t26-,29-,32+,33+,35+,41-/m1/s1. The van der Waals surface area contributed by atoms with Crippen LogP contribution in [0.3, 0.4) is 0 Å². The van der Waals surface area contributed by atoms with Crippen LogP contribution < -0.4 is 24.8 Å². The number of allylic oxidation sites excluding steroid dienone is 1. The van der Waals surface area contributed by atoms with Gasteiger partial charge < -0.3 is 34.9 Å². The lowest BCUT2D eigenvalue weighted by molar-refractivity contribution is -0.144. The molecule has 2 saturated carbocycles. The molecule has 0 bridgehead atoms. The van der Waals surface area contributed by atoms with Gasteiger partial charge in [-0.3, -0.25) is 24.1 Å². The molecule has 16 nitrogen and oxygen atoms in total. The number of carbonyl (C=O) groups excluding carboxylic acids is 3. The highest BCUT2D eigenvalue weighted by Crippen LogP contribution is 2.47. The Labute approximate surface area is 347 Å². The van der Waals surface area contributed by atoms with Gasteiger partial charge in [-0.25, -0.2) is 18.2 Å². The summed E-state index contributed by atoms with van der Waals surface area (Å²) in [5.41, 5.74) is 2.08. The lowest BCUT2D eigenvalue weighted by Crippen LogP contribution is -2.60. The van der Waals surface area contributed by atoms with E-state index in [-0.39, 0.29) is 32.1 Å². The van der Waals surface area contributed by atoms with Crippen LogP contribution in [0.15, 0.2) is 60.3 Å². The monoisotopic (exact) mass is 850 g/mol. The molecule has 0 spiro atoms. The van der Waals surface area contributed by atoms with Gasteiger partial charge in [0, 0.05) is 42.8 Å². The molecule has 59 heavy (non-hydrogen) atoms. The summed E-state index contributed by atoms with van der Waals surface area (Å²) in [5, 5.41) is 15.0. The molecule has 4 aliphatic rings.